The van der Waals surface area contributed by atoms with Crippen molar-refractivity contribution in [2.75, 3.05) is 11.5 Å². The lowest BCUT2D eigenvalue weighted by Gasteiger charge is -2.29. The highest BCUT2D eigenvalue weighted by Gasteiger charge is 2.19. The number of phenols is 1. The third kappa shape index (κ3) is 2.22. The van der Waals surface area contributed by atoms with E-state index in [0.29, 0.717) is 17.8 Å². The van der Waals surface area contributed by atoms with Gasteiger partial charge in [-0.2, -0.15) is 11.8 Å². The molecule has 0 saturated carbocycles. The molecule has 0 spiro atoms. The van der Waals surface area contributed by atoms with Gasteiger partial charge in [0, 0.05) is 23.6 Å². The Morgan fingerprint density at radius 2 is 2.00 bits per heavy atom. The van der Waals surface area contributed by atoms with Crippen molar-refractivity contribution in [3.63, 3.8) is 0 Å². The number of nitrogens with one attached hydrogen (secondary N) is 1. The predicted molar refractivity (Wildman–Crippen MR) is 60.8 cm³/mol. The first-order chi connectivity index (χ1) is 6.75. The van der Waals surface area contributed by atoms with Crippen LogP contribution in [-0.2, 0) is 0 Å². The lowest BCUT2D eigenvalue weighted by molar-refractivity contribution is 0.473. The molecule has 0 amide bonds. The largest absolute Gasteiger partial charge is 0.508 e. The fraction of sp³-hybridized carbons (Fsp3) is 0.455. The van der Waals surface area contributed by atoms with E-state index >= 15 is 0 Å². The molecule has 0 bridgehead atoms. The molecule has 0 aliphatic carbocycles. The molecular formula is C11H15NOS. The Kier molecular flexibility index (Phi) is 2.99. The molecule has 3 heteroatoms. The van der Waals surface area contributed by atoms with Gasteiger partial charge in [0.05, 0.1) is 0 Å². The molecule has 1 fully saturated rings. The monoisotopic (exact) mass is 209 g/mol. The Hall–Kier alpha value is -0.670. The number of phenolic OH excluding ortho intramolecular Hbond substituents is 1. The van der Waals surface area contributed by atoms with Crippen molar-refractivity contribution in [2.45, 2.75) is 19.0 Å². The van der Waals surface area contributed by atoms with Crippen molar-refractivity contribution in [3.05, 3.63) is 29.8 Å². The highest BCUT2D eigenvalue weighted by Crippen LogP contribution is 2.22. The highest BCUT2D eigenvalue weighted by atomic mass is 32.2. The van der Waals surface area contributed by atoms with E-state index in [0.717, 1.165) is 0 Å². The molecule has 1 aliphatic rings. The molecule has 1 aromatic carbocycles. The average molecular weight is 209 g/mol. The second-order valence-electron chi connectivity index (χ2n) is 3.71. The maximum absolute atomic E-state index is 9.15. The summed E-state index contributed by atoms with van der Waals surface area (Å²) >= 11 is 1.98. The smallest absolute Gasteiger partial charge is 0.115 e. The van der Waals surface area contributed by atoms with E-state index in [1.807, 2.05) is 23.9 Å². The number of hydrogen-bond acceptors (Lipinski definition) is 3. The van der Waals surface area contributed by atoms with E-state index in [1.54, 1.807) is 12.1 Å². The number of benzene rings is 1. The summed E-state index contributed by atoms with van der Waals surface area (Å²) in [5.41, 5.74) is 1.24. The number of hydrogen-bond donors (Lipinski definition) is 2. The minimum atomic E-state index is 0.333. The minimum Gasteiger partial charge on any atom is -0.508 e. The van der Waals surface area contributed by atoms with Gasteiger partial charge in [0.25, 0.3) is 0 Å². The first-order valence-corrected chi connectivity index (χ1v) is 6.04. The second-order valence-corrected chi connectivity index (χ2v) is 4.79. The van der Waals surface area contributed by atoms with Crippen LogP contribution in [0, 0.1) is 0 Å². The number of aromatic hydroxyl groups is 1. The van der Waals surface area contributed by atoms with Gasteiger partial charge in [-0.1, -0.05) is 12.1 Å². The molecule has 2 N–H and O–H groups in total. The molecule has 1 heterocycles. The van der Waals surface area contributed by atoms with Crippen LogP contribution in [0.4, 0.5) is 0 Å². The Morgan fingerprint density at radius 3 is 2.50 bits per heavy atom. The lowest BCUT2D eigenvalue weighted by Crippen LogP contribution is -2.41. The van der Waals surface area contributed by atoms with Crippen molar-refractivity contribution >= 4 is 11.8 Å². The van der Waals surface area contributed by atoms with E-state index in [1.165, 1.54) is 17.1 Å². The normalized spacial score (nSPS) is 18.9. The topological polar surface area (TPSA) is 32.3 Å². The quantitative estimate of drug-likeness (QED) is 0.800. The molecule has 76 valence electrons. The summed E-state index contributed by atoms with van der Waals surface area (Å²) < 4.78 is 0. The second kappa shape index (κ2) is 4.24. The van der Waals surface area contributed by atoms with Gasteiger partial charge in [0.1, 0.15) is 5.75 Å². The first kappa shape index (κ1) is 9.87. The van der Waals surface area contributed by atoms with Crippen LogP contribution in [0.5, 0.6) is 5.75 Å². The van der Waals surface area contributed by atoms with Crippen LogP contribution in [0.2, 0.25) is 0 Å². The Balaban J connectivity index is 1.95. The molecule has 1 aromatic rings. The molecule has 2 rings (SSSR count). The molecule has 1 unspecified atom stereocenters. The maximum Gasteiger partial charge on any atom is 0.115 e. The Morgan fingerprint density at radius 1 is 1.36 bits per heavy atom. The van der Waals surface area contributed by atoms with Gasteiger partial charge in [0.2, 0.25) is 0 Å². The Bertz CT molecular complexity index is 295. The molecule has 1 atom stereocenters. The number of rotatable bonds is 3. The van der Waals surface area contributed by atoms with E-state index in [4.69, 9.17) is 5.11 Å². The fourth-order valence-electron chi connectivity index (χ4n) is 1.54. The van der Waals surface area contributed by atoms with E-state index < -0.39 is 0 Å². The Labute approximate surface area is 88.7 Å². The van der Waals surface area contributed by atoms with Gasteiger partial charge in [0.15, 0.2) is 0 Å². The standard InChI is InChI=1S/C11H15NOS/c1-8(12-10-6-14-7-10)9-2-4-11(13)5-3-9/h2-5,8,10,12-13H,6-7H2,1H3. The summed E-state index contributed by atoms with van der Waals surface area (Å²) in [5.74, 6) is 2.78. The first-order valence-electron chi connectivity index (χ1n) is 4.88. The summed E-state index contributed by atoms with van der Waals surface area (Å²) in [6, 6.07) is 8.47. The fourth-order valence-corrected chi connectivity index (χ4v) is 2.21. The van der Waals surface area contributed by atoms with Crippen LogP contribution in [0.1, 0.15) is 18.5 Å². The van der Waals surface area contributed by atoms with Gasteiger partial charge in [-0.3, -0.25) is 0 Å². The SMILES string of the molecule is CC(NC1CSC1)c1ccc(O)cc1. The number of thioether (sulfide) groups is 1. The van der Waals surface area contributed by atoms with Gasteiger partial charge in [-0.25, -0.2) is 0 Å². The lowest BCUT2D eigenvalue weighted by atomic mass is 10.1. The predicted octanol–water partition coefficient (Wildman–Crippen LogP) is 2.16. The summed E-state index contributed by atoms with van der Waals surface area (Å²) in [6.07, 6.45) is 0. The van der Waals surface area contributed by atoms with Gasteiger partial charge < -0.3 is 10.4 Å². The van der Waals surface area contributed by atoms with E-state index in [9.17, 15) is 0 Å². The molecule has 1 saturated heterocycles. The zero-order valence-corrected chi connectivity index (χ0v) is 9.05. The van der Waals surface area contributed by atoms with Gasteiger partial charge in [-0.15, -0.1) is 0 Å². The van der Waals surface area contributed by atoms with E-state index in [-0.39, 0.29) is 0 Å². The average Bonchev–Trinajstić information content (AvgIpc) is 2.12. The molecule has 2 nitrogen and oxygen atoms in total. The van der Waals surface area contributed by atoms with Crippen molar-refractivity contribution in [2.24, 2.45) is 0 Å². The van der Waals surface area contributed by atoms with Crippen molar-refractivity contribution in [3.8, 4) is 5.75 Å². The van der Waals surface area contributed by atoms with Crippen LogP contribution in [0.15, 0.2) is 24.3 Å². The maximum atomic E-state index is 9.15. The third-order valence-corrected chi connectivity index (χ3v) is 3.79. The van der Waals surface area contributed by atoms with Crippen molar-refractivity contribution in [1.82, 2.24) is 5.32 Å². The third-order valence-electron chi connectivity index (χ3n) is 2.52. The van der Waals surface area contributed by atoms with Crippen molar-refractivity contribution in [1.29, 1.82) is 0 Å². The van der Waals surface area contributed by atoms with Gasteiger partial charge >= 0.3 is 0 Å². The summed E-state index contributed by atoms with van der Waals surface area (Å²) in [4.78, 5) is 0. The van der Waals surface area contributed by atoms with E-state index in [2.05, 4.69) is 12.2 Å². The van der Waals surface area contributed by atoms with Crippen LogP contribution in [-0.4, -0.2) is 22.7 Å². The van der Waals surface area contributed by atoms with Crippen LogP contribution in [0.3, 0.4) is 0 Å². The van der Waals surface area contributed by atoms with Crippen LogP contribution < -0.4 is 5.32 Å². The minimum absolute atomic E-state index is 0.333. The van der Waals surface area contributed by atoms with Gasteiger partial charge in [-0.05, 0) is 24.6 Å². The summed E-state index contributed by atoms with van der Waals surface area (Å²) in [7, 11) is 0. The molecule has 14 heavy (non-hydrogen) atoms. The van der Waals surface area contributed by atoms with Crippen LogP contribution >= 0.6 is 11.8 Å². The summed E-state index contributed by atoms with van der Waals surface area (Å²) in [5, 5.41) is 12.7. The summed E-state index contributed by atoms with van der Waals surface area (Å²) in [6.45, 7) is 2.16. The molecule has 0 radical (unpaired) electrons. The highest BCUT2D eigenvalue weighted by molar-refractivity contribution is 8.00. The molecule has 0 aromatic heterocycles. The molecular weight excluding hydrogens is 194 g/mol. The molecule has 1 aliphatic heterocycles. The van der Waals surface area contributed by atoms with Crippen LogP contribution in [0.25, 0.3) is 0 Å². The zero-order valence-electron chi connectivity index (χ0n) is 8.23. The van der Waals surface area contributed by atoms with Crippen molar-refractivity contribution < 1.29 is 5.11 Å². The zero-order chi connectivity index (χ0) is 9.97.